The van der Waals surface area contributed by atoms with Crippen LogP contribution in [0.5, 0.6) is 5.75 Å². The van der Waals surface area contributed by atoms with Gasteiger partial charge in [0.15, 0.2) is 5.75 Å². The van der Waals surface area contributed by atoms with Crippen molar-refractivity contribution in [3.63, 3.8) is 0 Å². The van der Waals surface area contributed by atoms with Gasteiger partial charge in [-0.05, 0) is 55.8 Å². The first-order valence-corrected chi connectivity index (χ1v) is 15.5. The molecule has 16 heteroatoms. The summed E-state index contributed by atoms with van der Waals surface area (Å²) in [6.07, 6.45) is 2.38. The fourth-order valence-corrected chi connectivity index (χ4v) is 6.47. The van der Waals surface area contributed by atoms with Gasteiger partial charge in [0.05, 0.1) is 23.7 Å². The van der Waals surface area contributed by atoms with Crippen molar-refractivity contribution in [1.29, 1.82) is 0 Å². The van der Waals surface area contributed by atoms with Crippen LogP contribution in [0, 0.1) is 6.92 Å². The topological polar surface area (TPSA) is 199 Å². The number of aryl methyl sites for hydroxylation is 1. The normalized spacial score (nSPS) is 20.9. The predicted octanol–water partition coefficient (Wildman–Crippen LogP) is 2.13. The van der Waals surface area contributed by atoms with Gasteiger partial charge in [0, 0.05) is 38.3 Å². The molecule has 0 amide bonds. The van der Waals surface area contributed by atoms with E-state index in [1.807, 2.05) is 4.90 Å². The summed E-state index contributed by atoms with van der Waals surface area (Å²) in [5.41, 5.74) is 0.966. The third-order valence-corrected chi connectivity index (χ3v) is 11.0. The second-order valence-electron chi connectivity index (χ2n) is 10.4. The van der Waals surface area contributed by atoms with Gasteiger partial charge in [0.1, 0.15) is 5.56 Å². The molecule has 1 aliphatic carbocycles. The molecule has 1 saturated heterocycles. The maximum Gasteiger partial charge on any atom is 0.554 e. The van der Waals surface area contributed by atoms with E-state index < -0.39 is 44.6 Å². The van der Waals surface area contributed by atoms with E-state index >= 15 is 0 Å². The summed E-state index contributed by atoms with van der Waals surface area (Å²) in [6, 6.07) is 1.30. The second kappa shape index (κ2) is 11.1. The van der Waals surface area contributed by atoms with Crippen molar-refractivity contribution in [3.05, 3.63) is 33.6 Å². The van der Waals surface area contributed by atoms with Gasteiger partial charge in [-0.2, -0.15) is 4.89 Å². The number of nitrogens with zero attached hydrogens (tertiary/aromatic N) is 3. The Bertz CT molecular complexity index is 1450. The Hall–Kier alpha value is -2.41. The lowest BCUT2D eigenvalue weighted by atomic mass is 10.00. The lowest BCUT2D eigenvalue weighted by molar-refractivity contribution is -0.216. The van der Waals surface area contributed by atoms with Gasteiger partial charge in [0.2, 0.25) is 11.8 Å². The number of piperidine rings is 1. The van der Waals surface area contributed by atoms with E-state index in [4.69, 9.17) is 9.47 Å². The Morgan fingerprint density at radius 2 is 1.95 bits per heavy atom. The van der Waals surface area contributed by atoms with Crippen molar-refractivity contribution in [2.45, 2.75) is 63.1 Å². The molecule has 2 aliphatic rings. The Balaban J connectivity index is 1.71. The van der Waals surface area contributed by atoms with Crippen LogP contribution in [-0.4, -0.2) is 85.1 Å². The SMILES string of the molecule is COc1c(N2CCCC(N(C)C(O)OC(C)([P+](=O)O)P(=O)(O)O)C2)c(C)cc2c(=O)c(C(=O)O)cn(C3CC3)c12. The summed E-state index contributed by atoms with van der Waals surface area (Å²) in [5.74, 6) is -0.882. The van der Waals surface area contributed by atoms with Crippen LogP contribution >= 0.6 is 15.6 Å². The van der Waals surface area contributed by atoms with Crippen LogP contribution in [0.1, 0.15) is 54.6 Å². The summed E-state index contributed by atoms with van der Waals surface area (Å²) >= 11 is 0. The Kier molecular flexibility index (Phi) is 8.48. The van der Waals surface area contributed by atoms with Crippen LogP contribution in [0.25, 0.3) is 10.9 Å². The van der Waals surface area contributed by atoms with Crippen LogP contribution in [-0.2, 0) is 13.9 Å². The number of carbonyl (C=O) groups is 1. The zero-order chi connectivity index (χ0) is 29.7. The first kappa shape index (κ1) is 30.5. The van der Waals surface area contributed by atoms with Crippen molar-refractivity contribution < 1.29 is 48.3 Å². The molecule has 14 nitrogen and oxygen atoms in total. The molecular weight excluding hydrogens is 568 g/mol. The Labute approximate surface area is 230 Å². The van der Waals surface area contributed by atoms with Crippen LogP contribution in [0.4, 0.5) is 5.69 Å². The number of aliphatic hydroxyl groups excluding tert-OH is 1. The van der Waals surface area contributed by atoms with Gasteiger partial charge in [-0.25, -0.2) is 4.79 Å². The minimum absolute atomic E-state index is 0.0412. The fraction of sp³-hybridized carbons (Fsp3) is 0.583. The molecule has 2 aromatic rings. The largest absolute Gasteiger partial charge is 0.554 e. The molecule has 0 radical (unpaired) electrons. The molecule has 1 saturated carbocycles. The molecule has 2 fully saturated rings. The lowest BCUT2D eigenvalue weighted by Crippen LogP contribution is -2.52. The highest BCUT2D eigenvalue weighted by atomic mass is 31.2. The lowest BCUT2D eigenvalue weighted by Gasteiger charge is -2.41. The predicted molar refractivity (Wildman–Crippen MR) is 145 cm³/mol. The second-order valence-corrected chi connectivity index (χ2v) is 14.1. The highest BCUT2D eigenvalue weighted by Gasteiger charge is 2.63. The number of aromatic carboxylic acids is 1. The highest BCUT2D eigenvalue weighted by Crippen LogP contribution is 2.62. The van der Waals surface area contributed by atoms with Gasteiger partial charge in [-0.3, -0.25) is 19.0 Å². The maximum atomic E-state index is 13.1. The Morgan fingerprint density at radius 3 is 2.48 bits per heavy atom. The number of anilines is 1. The molecule has 4 atom stereocenters. The number of likely N-dealkylation sites (N-methyl/N-ethyl adjacent to an activating group) is 1. The number of pyridine rings is 1. The smallest absolute Gasteiger partial charge is 0.492 e. The third-order valence-electron chi connectivity index (χ3n) is 7.67. The molecule has 1 aromatic heterocycles. The zero-order valence-corrected chi connectivity index (χ0v) is 24.3. The summed E-state index contributed by atoms with van der Waals surface area (Å²) in [5, 5.41) is 17.7. The first-order valence-electron chi connectivity index (χ1n) is 12.7. The van der Waals surface area contributed by atoms with Crippen LogP contribution in [0.2, 0.25) is 0 Å². The molecule has 2 heterocycles. The van der Waals surface area contributed by atoms with E-state index in [-0.39, 0.29) is 17.0 Å². The number of rotatable bonds is 10. The number of hydrogen-bond acceptors (Lipinski definition) is 9. The molecule has 4 unspecified atom stereocenters. The molecule has 1 aromatic carbocycles. The summed E-state index contributed by atoms with van der Waals surface area (Å²) < 4.78 is 36.3. The summed E-state index contributed by atoms with van der Waals surface area (Å²) in [7, 11) is -5.78. The van der Waals surface area contributed by atoms with Crippen LogP contribution in [0.15, 0.2) is 17.1 Å². The van der Waals surface area contributed by atoms with E-state index in [2.05, 4.69) is 0 Å². The van der Waals surface area contributed by atoms with E-state index in [0.717, 1.165) is 19.8 Å². The molecule has 0 bridgehead atoms. The van der Waals surface area contributed by atoms with E-state index in [9.17, 15) is 43.6 Å². The zero-order valence-electron chi connectivity index (χ0n) is 22.6. The molecule has 220 valence electrons. The minimum atomic E-state index is -5.23. The number of fused-ring (bicyclic) bond motifs is 1. The standard InChI is InChI=1S/C24H33N3O11P2/c1-13-10-16-19(27(14-7-8-14)12-17(20(16)28)22(29)30)21(37-4)18(13)26-9-5-6-15(11-26)25(3)23(31)38-24(2,39(32)33)40(34,35)36/h10,12,14-15,23,31H,5-9,11H2,1-4H3,(H3-,29,30,32,33,34,35,36)/p+1. The number of carboxylic acid groups (broad SMARTS) is 1. The van der Waals surface area contributed by atoms with Gasteiger partial charge >= 0.3 is 26.7 Å². The molecular formula is C24H34N3O11P2+. The van der Waals surface area contributed by atoms with Gasteiger partial charge in [-0.1, -0.05) is 0 Å². The quantitative estimate of drug-likeness (QED) is 0.196. The fourth-order valence-electron chi connectivity index (χ4n) is 5.16. The van der Waals surface area contributed by atoms with Crippen molar-refractivity contribution in [1.82, 2.24) is 9.47 Å². The number of aromatic nitrogens is 1. The van der Waals surface area contributed by atoms with Crippen LogP contribution < -0.4 is 15.1 Å². The number of ether oxygens (including phenoxy) is 2. The molecule has 40 heavy (non-hydrogen) atoms. The molecule has 5 N–H and O–H groups in total. The molecule has 4 rings (SSSR count). The molecule has 0 spiro atoms. The first-order chi connectivity index (χ1) is 18.6. The van der Waals surface area contributed by atoms with E-state index in [1.54, 1.807) is 17.6 Å². The maximum absolute atomic E-state index is 13.1. The Morgan fingerprint density at radius 1 is 1.30 bits per heavy atom. The number of methoxy groups -OCH3 is 1. The van der Waals surface area contributed by atoms with Gasteiger partial charge in [-0.15, -0.1) is 0 Å². The number of aliphatic hydroxyl groups is 1. The summed E-state index contributed by atoms with van der Waals surface area (Å²) in [6.45, 7) is 3.47. The highest BCUT2D eigenvalue weighted by molar-refractivity contribution is 7.66. The van der Waals surface area contributed by atoms with Gasteiger partial charge < -0.3 is 34.2 Å². The molecule has 1 aliphatic heterocycles. The van der Waals surface area contributed by atoms with Crippen molar-refractivity contribution in [2.75, 3.05) is 32.1 Å². The van der Waals surface area contributed by atoms with Crippen molar-refractivity contribution >= 4 is 38.2 Å². The number of benzene rings is 1. The monoisotopic (exact) mass is 602 g/mol. The van der Waals surface area contributed by atoms with Crippen LogP contribution in [0.3, 0.4) is 0 Å². The summed E-state index contributed by atoms with van der Waals surface area (Å²) in [4.78, 5) is 56.9. The van der Waals surface area contributed by atoms with E-state index in [0.29, 0.717) is 48.4 Å². The van der Waals surface area contributed by atoms with E-state index in [1.165, 1.54) is 25.3 Å². The van der Waals surface area contributed by atoms with Gasteiger partial charge in [0.25, 0.3) is 0 Å². The number of hydrogen-bond donors (Lipinski definition) is 5. The minimum Gasteiger partial charge on any atom is -0.492 e. The average molecular weight is 602 g/mol. The van der Waals surface area contributed by atoms with Crippen molar-refractivity contribution in [2.24, 2.45) is 0 Å². The number of carboxylic acids is 1. The third kappa shape index (κ3) is 5.43. The average Bonchev–Trinajstić information content (AvgIpc) is 3.72. The van der Waals surface area contributed by atoms with Crippen molar-refractivity contribution in [3.8, 4) is 5.75 Å².